The number of amides is 1. The van der Waals surface area contributed by atoms with E-state index in [2.05, 4.69) is 27.4 Å². The van der Waals surface area contributed by atoms with Crippen molar-refractivity contribution in [3.63, 3.8) is 0 Å². The Morgan fingerprint density at radius 2 is 1.86 bits per heavy atom. The molecule has 0 bridgehead atoms. The summed E-state index contributed by atoms with van der Waals surface area (Å²) in [6.07, 6.45) is 0.903. The summed E-state index contributed by atoms with van der Waals surface area (Å²) in [6, 6.07) is 16.8. The van der Waals surface area contributed by atoms with E-state index >= 15 is 0 Å². The first-order valence-electron chi connectivity index (χ1n) is 10.0. The molecule has 2 aromatic rings. The van der Waals surface area contributed by atoms with E-state index in [1.54, 1.807) is 7.11 Å². The number of methoxy groups -OCH3 is 1. The molecule has 0 aliphatic carbocycles. The molecule has 1 atom stereocenters. The lowest BCUT2D eigenvalue weighted by molar-refractivity contribution is -0.0697. The molecule has 1 unspecified atom stereocenters. The molecule has 2 aliphatic heterocycles. The van der Waals surface area contributed by atoms with Gasteiger partial charge in [0.15, 0.2) is 0 Å². The first-order valence-corrected chi connectivity index (χ1v) is 10.0. The van der Waals surface area contributed by atoms with Gasteiger partial charge in [0, 0.05) is 36.9 Å². The molecular formula is C22H28N4O3. The molecule has 0 saturated carbocycles. The smallest absolute Gasteiger partial charge is 0.265 e. The first kappa shape index (κ1) is 19.7. The van der Waals surface area contributed by atoms with Crippen molar-refractivity contribution in [1.29, 1.82) is 0 Å². The van der Waals surface area contributed by atoms with Crippen LogP contribution in [-0.2, 0) is 11.2 Å². The molecule has 2 aromatic carbocycles. The molecule has 0 spiro atoms. The average molecular weight is 396 g/mol. The molecule has 0 radical (unpaired) electrons. The van der Waals surface area contributed by atoms with Crippen molar-refractivity contribution in [2.45, 2.75) is 18.5 Å². The number of hydrogen-bond donors (Lipinski definition) is 2. The molecule has 154 valence electrons. The zero-order valence-corrected chi connectivity index (χ0v) is 16.7. The molecule has 4 rings (SSSR count). The minimum Gasteiger partial charge on any atom is -0.497 e. The van der Waals surface area contributed by atoms with Gasteiger partial charge in [0.25, 0.3) is 5.91 Å². The fourth-order valence-corrected chi connectivity index (χ4v) is 4.08. The predicted octanol–water partition coefficient (Wildman–Crippen LogP) is 1.43. The van der Waals surface area contributed by atoms with E-state index in [0.29, 0.717) is 17.6 Å². The van der Waals surface area contributed by atoms with Crippen LogP contribution in [0.5, 0.6) is 5.75 Å². The van der Waals surface area contributed by atoms with Gasteiger partial charge in [-0.05, 0) is 48.4 Å². The van der Waals surface area contributed by atoms with Crippen LogP contribution >= 0.6 is 0 Å². The fraction of sp³-hybridized carbons (Fsp3) is 0.409. The lowest BCUT2D eigenvalue weighted by Gasteiger charge is -2.47. The number of benzene rings is 2. The maximum absolute atomic E-state index is 11.7. The van der Waals surface area contributed by atoms with Crippen LogP contribution in [0.15, 0.2) is 48.5 Å². The Labute approximate surface area is 171 Å². The van der Waals surface area contributed by atoms with Crippen LogP contribution < -0.4 is 20.9 Å². The Morgan fingerprint density at radius 3 is 2.45 bits per heavy atom. The van der Waals surface area contributed by atoms with Gasteiger partial charge in [-0.25, -0.2) is 5.84 Å². The second-order valence-corrected chi connectivity index (χ2v) is 7.61. The molecule has 0 aromatic heterocycles. The van der Waals surface area contributed by atoms with Gasteiger partial charge < -0.3 is 14.4 Å². The molecule has 29 heavy (non-hydrogen) atoms. The number of nitrogens with one attached hydrogen (secondary N) is 1. The van der Waals surface area contributed by atoms with Gasteiger partial charge >= 0.3 is 0 Å². The summed E-state index contributed by atoms with van der Waals surface area (Å²) >= 11 is 0. The zero-order chi connectivity index (χ0) is 20.2. The minimum absolute atomic E-state index is 0.273. The molecule has 3 N–H and O–H groups in total. The third kappa shape index (κ3) is 4.37. The molecule has 2 fully saturated rings. The monoisotopic (exact) mass is 396 g/mol. The van der Waals surface area contributed by atoms with Crippen molar-refractivity contribution in [2.75, 3.05) is 44.9 Å². The molecular weight excluding hydrogens is 368 g/mol. The summed E-state index contributed by atoms with van der Waals surface area (Å²) in [6.45, 7) is 4.66. The summed E-state index contributed by atoms with van der Waals surface area (Å²) in [4.78, 5) is 16.7. The van der Waals surface area contributed by atoms with E-state index in [9.17, 15) is 4.79 Å². The van der Waals surface area contributed by atoms with E-state index in [0.717, 1.165) is 45.0 Å². The summed E-state index contributed by atoms with van der Waals surface area (Å²) in [5.41, 5.74) is 5.16. The highest BCUT2D eigenvalue weighted by Crippen LogP contribution is 2.27. The van der Waals surface area contributed by atoms with Crippen molar-refractivity contribution in [3.05, 3.63) is 59.7 Å². The van der Waals surface area contributed by atoms with Gasteiger partial charge in [0.05, 0.1) is 26.4 Å². The van der Waals surface area contributed by atoms with E-state index in [4.69, 9.17) is 15.3 Å². The minimum atomic E-state index is -0.273. The number of hydrogen-bond acceptors (Lipinski definition) is 6. The van der Waals surface area contributed by atoms with Crippen LogP contribution in [0.2, 0.25) is 0 Å². The fourth-order valence-electron chi connectivity index (χ4n) is 4.08. The molecule has 2 aliphatic rings. The molecule has 2 heterocycles. The van der Waals surface area contributed by atoms with E-state index in [1.807, 2.05) is 36.4 Å². The number of hydrazine groups is 1. The number of ether oxygens (including phenoxy) is 2. The van der Waals surface area contributed by atoms with E-state index in [1.165, 1.54) is 11.3 Å². The van der Waals surface area contributed by atoms with Crippen molar-refractivity contribution in [3.8, 4) is 5.75 Å². The third-order valence-electron chi connectivity index (χ3n) is 5.87. The van der Waals surface area contributed by atoms with Crippen LogP contribution in [0.25, 0.3) is 0 Å². The number of carbonyl (C=O) groups is 1. The number of nitrogens with zero attached hydrogens (tertiary/aromatic N) is 2. The van der Waals surface area contributed by atoms with E-state index < -0.39 is 0 Å². The van der Waals surface area contributed by atoms with Crippen molar-refractivity contribution >= 4 is 11.6 Å². The number of anilines is 1. The Balaban J connectivity index is 1.52. The van der Waals surface area contributed by atoms with Gasteiger partial charge in [-0.1, -0.05) is 12.1 Å². The van der Waals surface area contributed by atoms with Gasteiger partial charge in [-0.2, -0.15) is 0 Å². The zero-order valence-electron chi connectivity index (χ0n) is 16.7. The van der Waals surface area contributed by atoms with Crippen molar-refractivity contribution < 1.29 is 14.3 Å². The second kappa shape index (κ2) is 8.82. The number of carbonyl (C=O) groups excluding carboxylic acids is 1. The molecule has 7 heteroatoms. The Hall–Kier alpha value is -2.61. The lowest BCUT2D eigenvalue weighted by Crippen LogP contribution is -2.60. The number of rotatable bonds is 6. The molecule has 1 amide bonds. The van der Waals surface area contributed by atoms with Crippen molar-refractivity contribution in [1.82, 2.24) is 10.3 Å². The molecule has 7 nitrogen and oxygen atoms in total. The number of nitrogens with two attached hydrogens (primary N) is 1. The second-order valence-electron chi connectivity index (χ2n) is 7.61. The summed E-state index contributed by atoms with van der Waals surface area (Å²) in [5, 5.41) is 0. The first-order chi connectivity index (χ1) is 14.2. The summed E-state index contributed by atoms with van der Waals surface area (Å²) in [7, 11) is 1.69. The van der Waals surface area contributed by atoms with Crippen LogP contribution in [-0.4, -0.2) is 62.8 Å². The van der Waals surface area contributed by atoms with Crippen LogP contribution in [0.1, 0.15) is 15.9 Å². The van der Waals surface area contributed by atoms with Gasteiger partial charge in [0.1, 0.15) is 5.75 Å². The normalized spacial score (nSPS) is 20.2. The summed E-state index contributed by atoms with van der Waals surface area (Å²) < 4.78 is 10.7. The quantitative estimate of drug-likeness (QED) is 0.437. The maximum atomic E-state index is 11.7. The molecule has 2 saturated heterocycles. The maximum Gasteiger partial charge on any atom is 0.265 e. The highest BCUT2D eigenvalue weighted by atomic mass is 16.5. The Bertz CT molecular complexity index is 821. The topological polar surface area (TPSA) is 80.1 Å². The Kier molecular flexibility index (Phi) is 5.99. The SMILES string of the molecule is COc1ccc(N2CCN(C3COC3)CC2Cc2ccc(C(=O)NN)cc2)cc1. The number of nitrogen functional groups attached to an aromatic ring is 1. The van der Waals surface area contributed by atoms with Crippen LogP contribution in [0.4, 0.5) is 5.69 Å². The predicted molar refractivity (Wildman–Crippen MR) is 112 cm³/mol. The summed E-state index contributed by atoms with van der Waals surface area (Å²) in [5.74, 6) is 5.82. The van der Waals surface area contributed by atoms with Gasteiger partial charge in [0.2, 0.25) is 0 Å². The highest BCUT2D eigenvalue weighted by Gasteiger charge is 2.34. The van der Waals surface area contributed by atoms with Crippen LogP contribution in [0.3, 0.4) is 0 Å². The van der Waals surface area contributed by atoms with E-state index in [-0.39, 0.29) is 5.91 Å². The lowest BCUT2D eigenvalue weighted by atomic mass is 9.98. The third-order valence-corrected chi connectivity index (χ3v) is 5.87. The number of piperazine rings is 1. The standard InChI is InChI=1S/C22H28N4O3/c1-28-21-8-6-18(7-9-21)26-11-10-25(20-14-29-15-20)13-19(26)12-16-2-4-17(5-3-16)22(27)24-23/h2-9,19-20H,10-15,23H2,1H3,(H,24,27). The Morgan fingerprint density at radius 1 is 1.14 bits per heavy atom. The van der Waals surface area contributed by atoms with Crippen molar-refractivity contribution in [2.24, 2.45) is 5.84 Å². The highest BCUT2D eigenvalue weighted by molar-refractivity contribution is 5.93. The van der Waals surface area contributed by atoms with Gasteiger partial charge in [-0.15, -0.1) is 0 Å². The largest absolute Gasteiger partial charge is 0.497 e. The van der Waals surface area contributed by atoms with Gasteiger partial charge in [-0.3, -0.25) is 15.1 Å². The average Bonchev–Trinajstić information content (AvgIpc) is 2.73. The van der Waals surface area contributed by atoms with Crippen LogP contribution in [0, 0.1) is 0 Å².